The second kappa shape index (κ2) is 7.25. The summed E-state index contributed by atoms with van der Waals surface area (Å²) in [6.07, 6.45) is 9.28. The first-order chi connectivity index (χ1) is 11.2. The van der Waals surface area contributed by atoms with Crippen LogP contribution in [-0.2, 0) is 0 Å². The zero-order valence-corrected chi connectivity index (χ0v) is 13.9. The smallest absolute Gasteiger partial charge is 0.261 e. The summed E-state index contributed by atoms with van der Waals surface area (Å²) in [7, 11) is 2.11. The van der Waals surface area contributed by atoms with Crippen molar-refractivity contribution < 1.29 is 0 Å². The van der Waals surface area contributed by atoms with Crippen molar-refractivity contribution in [2.24, 2.45) is 0 Å². The molecule has 0 radical (unpaired) electrons. The number of H-pyrrole nitrogens is 1. The molecule has 1 saturated heterocycles. The van der Waals surface area contributed by atoms with E-state index in [4.69, 9.17) is 10.4 Å². The summed E-state index contributed by atoms with van der Waals surface area (Å²) >= 11 is 0. The molecule has 0 spiro atoms. The van der Waals surface area contributed by atoms with Gasteiger partial charge in [-0.15, -0.1) is 0 Å². The molecule has 126 valence electrons. The third kappa shape index (κ3) is 3.80. The van der Waals surface area contributed by atoms with E-state index in [1.54, 1.807) is 0 Å². The lowest BCUT2D eigenvalue weighted by Crippen LogP contribution is -2.34. The number of anilines is 1. The van der Waals surface area contributed by atoms with Gasteiger partial charge in [0.1, 0.15) is 11.6 Å². The first kappa shape index (κ1) is 16.2. The van der Waals surface area contributed by atoms with Gasteiger partial charge < -0.3 is 20.6 Å². The highest BCUT2D eigenvalue weighted by Crippen LogP contribution is 2.25. The molecule has 6 heteroatoms. The predicted octanol–water partition coefficient (Wildman–Crippen LogP) is 2.32. The minimum atomic E-state index is -0.198. The molecule has 1 aliphatic carbocycles. The number of piperidine rings is 1. The van der Waals surface area contributed by atoms with Gasteiger partial charge in [-0.25, -0.2) is 4.98 Å². The molecule has 1 aromatic rings. The molecule has 0 bridgehead atoms. The van der Waals surface area contributed by atoms with Gasteiger partial charge in [0.15, 0.2) is 0 Å². The van der Waals surface area contributed by atoms with Crippen molar-refractivity contribution in [2.45, 2.75) is 56.9 Å². The Morgan fingerprint density at radius 3 is 2.74 bits per heavy atom. The van der Waals surface area contributed by atoms with Crippen LogP contribution in [-0.4, -0.2) is 47.3 Å². The van der Waals surface area contributed by atoms with Crippen LogP contribution in [0.25, 0.3) is 0 Å². The zero-order chi connectivity index (χ0) is 16.2. The second-order valence-electron chi connectivity index (χ2n) is 6.94. The summed E-state index contributed by atoms with van der Waals surface area (Å²) in [4.78, 5) is 22.3. The summed E-state index contributed by atoms with van der Waals surface area (Å²) in [5.74, 6) is 1.64. The predicted molar refractivity (Wildman–Crippen MR) is 92.7 cm³/mol. The Labute approximate surface area is 137 Å². The SMILES string of the molecule is CN1CCCC(c2nc(NC3CCCCC3)c(C=N)c(=O)[nH]2)C1. The number of aromatic nitrogens is 2. The summed E-state index contributed by atoms with van der Waals surface area (Å²) in [6.45, 7) is 2.03. The first-order valence-electron chi connectivity index (χ1n) is 8.77. The van der Waals surface area contributed by atoms with Crippen LogP contribution < -0.4 is 10.9 Å². The average Bonchev–Trinajstić information content (AvgIpc) is 2.55. The monoisotopic (exact) mass is 317 g/mol. The van der Waals surface area contributed by atoms with Crippen molar-refractivity contribution in [3.63, 3.8) is 0 Å². The fourth-order valence-electron chi connectivity index (χ4n) is 3.77. The van der Waals surface area contributed by atoms with E-state index in [0.717, 1.165) is 50.8 Å². The molecule has 1 saturated carbocycles. The lowest BCUT2D eigenvalue weighted by molar-refractivity contribution is 0.245. The topological polar surface area (TPSA) is 84.9 Å². The van der Waals surface area contributed by atoms with E-state index in [2.05, 4.69) is 22.2 Å². The lowest BCUT2D eigenvalue weighted by Gasteiger charge is -2.29. The number of nitrogens with one attached hydrogen (secondary N) is 3. The van der Waals surface area contributed by atoms with Crippen molar-refractivity contribution in [2.75, 3.05) is 25.5 Å². The highest BCUT2D eigenvalue weighted by atomic mass is 16.1. The van der Waals surface area contributed by atoms with Crippen molar-refractivity contribution in [1.29, 1.82) is 5.41 Å². The number of aromatic amines is 1. The molecule has 6 nitrogen and oxygen atoms in total. The van der Waals surface area contributed by atoms with Crippen molar-refractivity contribution >= 4 is 12.0 Å². The van der Waals surface area contributed by atoms with Gasteiger partial charge in [-0.1, -0.05) is 19.3 Å². The maximum atomic E-state index is 12.4. The molecule has 3 N–H and O–H groups in total. The Kier molecular flexibility index (Phi) is 5.10. The highest BCUT2D eigenvalue weighted by Gasteiger charge is 2.23. The van der Waals surface area contributed by atoms with Crippen LogP contribution in [0.2, 0.25) is 0 Å². The van der Waals surface area contributed by atoms with Crippen LogP contribution >= 0.6 is 0 Å². The Morgan fingerprint density at radius 1 is 1.26 bits per heavy atom. The quantitative estimate of drug-likeness (QED) is 0.744. The highest BCUT2D eigenvalue weighted by molar-refractivity contribution is 5.83. The van der Waals surface area contributed by atoms with E-state index in [1.807, 2.05) is 0 Å². The van der Waals surface area contributed by atoms with Crippen LogP contribution in [0.5, 0.6) is 0 Å². The Balaban J connectivity index is 1.86. The zero-order valence-electron chi connectivity index (χ0n) is 13.9. The first-order valence-corrected chi connectivity index (χ1v) is 8.77. The van der Waals surface area contributed by atoms with Crippen LogP contribution in [0, 0.1) is 5.41 Å². The maximum absolute atomic E-state index is 12.4. The summed E-state index contributed by atoms with van der Waals surface area (Å²) in [5, 5.41) is 11.0. The fourth-order valence-corrected chi connectivity index (χ4v) is 3.77. The van der Waals surface area contributed by atoms with E-state index < -0.39 is 0 Å². The van der Waals surface area contributed by atoms with Crippen LogP contribution in [0.3, 0.4) is 0 Å². The molecule has 2 fully saturated rings. The van der Waals surface area contributed by atoms with E-state index in [-0.39, 0.29) is 11.5 Å². The molecule has 0 aromatic carbocycles. The fraction of sp³-hybridized carbons (Fsp3) is 0.706. The summed E-state index contributed by atoms with van der Waals surface area (Å²) in [6, 6.07) is 0.374. The molecular formula is C17H27N5O. The minimum absolute atomic E-state index is 0.198. The number of likely N-dealkylation sites (N-methyl/N-ethyl adjacent to an activating group) is 1. The number of rotatable bonds is 4. The molecular weight excluding hydrogens is 290 g/mol. The number of hydrogen-bond donors (Lipinski definition) is 3. The second-order valence-corrected chi connectivity index (χ2v) is 6.94. The maximum Gasteiger partial charge on any atom is 0.261 e. The Hall–Kier alpha value is -1.69. The normalized spacial score (nSPS) is 23.6. The van der Waals surface area contributed by atoms with Gasteiger partial charge in [0.2, 0.25) is 0 Å². The van der Waals surface area contributed by atoms with Gasteiger partial charge in [-0.2, -0.15) is 0 Å². The van der Waals surface area contributed by atoms with Gasteiger partial charge in [0, 0.05) is 24.7 Å². The van der Waals surface area contributed by atoms with E-state index in [9.17, 15) is 4.79 Å². The van der Waals surface area contributed by atoms with Gasteiger partial charge >= 0.3 is 0 Å². The van der Waals surface area contributed by atoms with Gasteiger partial charge in [0.25, 0.3) is 5.56 Å². The van der Waals surface area contributed by atoms with Gasteiger partial charge in [-0.3, -0.25) is 4.79 Å². The third-order valence-corrected chi connectivity index (χ3v) is 5.08. The van der Waals surface area contributed by atoms with E-state index >= 15 is 0 Å². The Morgan fingerprint density at radius 2 is 2.04 bits per heavy atom. The van der Waals surface area contributed by atoms with Crippen LogP contribution in [0.1, 0.15) is 62.3 Å². The molecule has 23 heavy (non-hydrogen) atoms. The molecule has 0 amide bonds. The molecule has 1 aromatic heterocycles. The summed E-state index contributed by atoms with van der Waals surface area (Å²) in [5.41, 5.74) is 0.153. The molecule has 3 rings (SSSR count). The van der Waals surface area contributed by atoms with Crippen LogP contribution in [0.15, 0.2) is 4.79 Å². The molecule has 2 heterocycles. The molecule has 1 atom stereocenters. The lowest BCUT2D eigenvalue weighted by atomic mass is 9.95. The largest absolute Gasteiger partial charge is 0.367 e. The number of likely N-dealkylation sites (tertiary alicyclic amines) is 1. The summed E-state index contributed by atoms with van der Waals surface area (Å²) < 4.78 is 0. The van der Waals surface area contributed by atoms with Crippen molar-refractivity contribution in [3.8, 4) is 0 Å². The third-order valence-electron chi connectivity index (χ3n) is 5.08. The van der Waals surface area contributed by atoms with Gasteiger partial charge in [0.05, 0.1) is 5.56 Å². The molecule has 2 aliphatic rings. The number of hydrogen-bond acceptors (Lipinski definition) is 5. The van der Waals surface area contributed by atoms with Gasteiger partial charge in [-0.05, 0) is 39.3 Å². The molecule has 1 unspecified atom stereocenters. The minimum Gasteiger partial charge on any atom is -0.367 e. The standard InChI is InChI=1S/C17H27N5O/c1-22-9-5-6-12(11-22)15-20-16(14(10-18)17(23)21-15)19-13-7-3-2-4-8-13/h10,12-13,18H,2-9,11H2,1H3,(H2,19,20,21,23). The van der Waals surface area contributed by atoms with Crippen molar-refractivity contribution in [3.05, 3.63) is 21.7 Å². The van der Waals surface area contributed by atoms with Crippen LogP contribution in [0.4, 0.5) is 5.82 Å². The Bertz CT molecular complexity index is 605. The average molecular weight is 317 g/mol. The van der Waals surface area contributed by atoms with E-state index in [0.29, 0.717) is 17.4 Å². The molecule has 1 aliphatic heterocycles. The van der Waals surface area contributed by atoms with E-state index in [1.165, 1.54) is 19.3 Å². The van der Waals surface area contributed by atoms with Crippen molar-refractivity contribution in [1.82, 2.24) is 14.9 Å². The number of nitrogens with zero attached hydrogens (tertiary/aromatic N) is 2.